The average molecular weight is 448 g/mol. The van der Waals surface area contributed by atoms with Crippen LogP contribution in [0.5, 0.6) is 0 Å². The van der Waals surface area contributed by atoms with E-state index in [1.54, 1.807) is 0 Å². The summed E-state index contributed by atoms with van der Waals surface area (Å²) in [6.07, 6.45) is 0. The number of hydrogen-bond acceptors (Lipinski definition) is 1. The smallest absolute Gasteiger partial charge is 0.0390 e. The molecular formula is C34H25N. The number of nitrogens with one attached hydrogen (secondary N) is 1. The zero-order valence-corrected chi connectivity index (χ0v) is 19.4. The van der Waals surface area contributed by atoms with Crippen LogP contribution in [0.1, 0.15) is 0 Å². The highest BCUT2D eigenvalue weighted by Gasteiger charge is 2.06. The van der Waals surface area contributed by atoms with Gasteiger partial charge in [0, 0.05) is 11.4 Å². The summed E-state index contributed by atoms with van der Waals surface area (Å²) in [5.74, 6) is 0. The molecule has 0 fully saturated rings. The predicted octanol–water partition coefficient (Wildman–Crippen LogP) is 9.58. The van der Waals surface area contributed by atoms with Crippen LogP contribution in [0.4, 0.5) is 11.4 Å². The Balaban J connectivity index is 1.26. The second kappa shape index (κ2) is 9.32. The zero-order valence-electron chi connectivity index (χ0n) is 19.4. The van der Waals surface area contributed by atoms with Crippen LogP contribution >= 0.6 is 0 Å². The van der Waals surface area contributed by atoms with Crippen LogP contribution < -0.4 is 5.32 Å². The highest BCUT2D eigenvalue weighted by Crippen LogP contribution is 2.32. The van der Waals surface area contributed by atoms with Gasteiger partial charge < -0.3 is 5.32 Å². The van der Waals surface area contributed by atoms with Gasteiger partial charge in [-0.05, 0) is 74.5 Å². The maximum atomic E-state index is 3.55. The van der Waals surface area contributed by atoms with Crippen LogP contribution in [0.3, 0.4) is 0 Å². The third kappa shape index (κ3) is 4.45. The Kier molecular flexibility index (Phi) is 5.58. The average Bonchev–Trinajstić information content (AvgIpc) is 2.94. The molecule has 0 bridgehead atoms. The fourth-order valence-electron chi connectivity index (χ4n) is 4.66. The SMILES string of the molecule is c1ccc(-c2cccc(Nc3ccc(-c4cccc(-c5cccc6ccccc56)c4)cc3)c2)cc1. The largest absolute Gasteiger partial charge is 0.356 e. The molecule has 0 aliphatic rings. The standard InChI is InChI=1S/C34H25N/c1-2-9-25(10-3-1)29-14-7-16-32(24-29)35-31-21-19-26(20-22-31)28-13-6-15-30(23-28)34-18-8-12-27-11-4-5-17-33(27)34/h1-24,35H. The van der Waals surface area contributed by atoms with Crippen LogP contribution in [-0.4, -0.2) is 0 Å². The van der Waals surface area contributed by atoms with E-state index in [-0.39, 0.29) is 0 Å². The van der Waals surface area contributed by atoms with E-state index < -0.39 is 0 Å². The van der Waals surface area contributed by atoms with Crippen molar-refractivity contribution in [2.24, 2.45) is 0 Å². The summed E-state index contributed by atoms with van der Waals surface area (Å²) in [5.41, 5.74) is 9.50. The molecule has 0 atom stereocenters. The summed E-state index contributed by atoms with van der Waals surface area (Å²) in [5, 5.41) is 6.10. The van der Waals surface area contributed by atoms with Crippen LogP contribution in [0, 0.1) is 0 Å². The van der Waals surface area contributed by atoms with Crippen molar-refractivity contribution in [2.75, 3.05) is 5.32 Å². The highest BCUT2D eigenvalue weighted by molar-refractivity contribution is 5.97. The van der Waals surface area contributed by atoms with Crippen molar-refractivity contribution in [1.29, 1.82) is 0 Å². The third-order valence-electron chi connectivity index (χ3n) is 6.44. The topological polar surface area (TPSA) is 12.0 Å². The highest BCUT2D eigenvalue weighted by atomic mass is 14.9. The van der Waals surface area contributed by atoms with Gasteiger partial charge in [-0.2, -0.15) is 0 Å². The van der Waals surface area contributed by atoms with Crippen LogP contribution in [0.25, 0.3) is 44.2 Å². The van der Waals surface area contributed by atoms with Gasteiger partial charge in [-0.25, -0.2) is 0 Å². The summed E-state index contributed by atoms with van der Waals surface area (Å²) in [6.45, 7) is 0. The lowest BCUT2D eigenvalue weighted by molar-refractivity contribution is 1.53. The van der Waals surface area contributed by atoms with E-state index in [0.29, 0.717) is 0 Å². The molecule has 0 aromatic heterocycles. The van der Waals surface area contributed by atoms with E-state index >= 15 is 0 Å². The second-order valence-electron chi connectivity index (χ2n) is 8.76. The van der Waals surface area contributed by atoms with Gasteiger partial charge in [-0.15, -0.1) is 0 Å². The lowest BCUT2D eigenvalue weighted by Gasteiger charge is -2.11. The molecule has 0 aliphatic heterocycles. The normalized spacial score (nSPS) is 10.9. The van der Waals surface area contributed by atoms with Crippen molar-refractivity contribution in [2.45, 2.75) is 0 Å². The number of hydrogen-bond donors (Lipinski definition) is 1. The van der Waals surface area contributed by atoms with E-state index in [1.165, 1.54) is 44.2 Å². The molecule has 0 unspecified atom stereocenters. The van der Waals surface area contributed by atoms with Gasteiger partial charge in [-0.3, -0.25) is 0 Å². The molecule has 0 saturated heterocycles. The van der Waals surface area contributed by atoms with Crippen molar-refractivity contribution in [1.82, 2.24) is 0 Å². The van der Waals surface area contributed by atoms with E-state index in [4.69, 9.17) is 0 Å². The summed E-state index contributed by atoms with van der Waals surface area (Å²) >= 11 is 0. The van der Waals surface area contributed by atoms with Crippen molar-refractivity contribution in [3.05, 3.63) is 146 Å². The number of anilines is 2. The molecule has 1 heteroatoms. The Labute approximate surface area is 206 Å². The van der Waals surface area contributed by atoms with Gasteiger partial charge in [0.1, 0.15) is 0 Å². The Bertz CT molecular complexity index is 1590. The van der Waals surface area contributed by atoms with Gasteiger partial charge >= 0.3 is 0 Å². The Morgan fingerprint density at radius 1 is 0.343 bits per heavy atom. The van der Waals surface area contributed by atoms with Crippen molar-refractivity contribution in [3.63, 3.8) is 0 Å². The van der Waals surface area contributed by atoms with Crippen LogP contribution in [0.15, 0.2) is 146 Å². The Morgan fingerprint density at radius 2 is 0.943 bits per heavy atom. The summed E-state index contributed by atoms with van der Waals surface area (Å²) < 4.78 is 0. The number of benzene rings is 6. The first-order valence-corrected chi connectivity index (χ1v) is 11.9. The van der Waals surface area contributed by atoms with Crippen LogP contribution in [0.2, 0.25) is 0 Å². The predicted molar refractivity (Wildman–Crippen MR) is 150 cm³/mol. The molecule has 0 saturated carbocycles. The van der Waals surface area contributed by atoms with Gasteiger partial charge in [0.2, 0.25) is 0 Å². The van der Waals surface area contributed by atoms with Crippen molar-refractivity contribution in [3.8, 4) is 33.4 Å². The maximum Gasteiger partial charge on any atom is 0.0390 e. The zero-order chi connectivity index (χ0) is 23.5. The minimum absolute atomic E-state index is 1.07. The van der Waals surface area contributed by atoms with Gasteiger partial charge in [-0.1, -0.05) is 115 Å². The summed E-state index contributed by atoms with van der Waals surface area (Å²) in [6, 6.07) is 51.6. The van der Waals surface area contributed by atoms with Crippen LogP contribution in [-0.2, 0) is 0 Å². The lowest BCUT2D eigenvalue weighted by Crippen LogP contribution is -1.91. The molecule has 0 heterocycles. The molecule has 1 nitrogen and oxygen atoms in total. The Hall–Kier alpha value is -4.62. The van der Waals surface area contributed by atoms with Gasteiger partial charge in [0.15, 0.2) is 0 Å². The quantitative estimate of drug-likeness (QED) is 0.277. The molecule has 6 aromatic carbocycles. The maximum absolute atomic E-state index is 3.55. The Morgan fingerprint density at radius 3 is 1.80 bits per heavy atom. The summed E-state index contributed by atoms with van der Waals surface area (Å²) in [7, 11) is 0. The molecule has 6 aromatic rings. The molecule has 166 valence electrons. The number of rotatable bonds is 5. The third-order valence-corrected chi connectivity index (χ3v) is 6.44. The molecule has 6 rings (SSSR count). The molecule has 0 aliphatic carbocycles. The van der Waals surface area contributed by atoms with E-state index in [1.807, 2.05) is 6.07 Å². The molecule has 0 spiro atoms. The monoisotopic (exact) mass is 447 g/mol. The fraction of sp³-hybridized carbons (Fsp3) is 0. The number of fused-ring (bicyclic) bond motifs is 1. The van der Waals surface area contributed by atoms with Crippen molar-refractivity contribution < 1.29 is 0 Å². The fourth-order valence-corrected chi connectivity index (χ4v) is 4.66. The molecular weight excluding hydrogens is 422 g/mol. The molecule has 1 N–H and O–H groups in total. The molecule has 0 radical (unpaired) electrons. The van der Waals surface area contributed by atoms with E-state index in [0.717, 1.165) is 11.4 Å². The first-order chi connectivity index (χ1) is 17.3. The van der Waals surface area contributed by atoms with E-state index in [2.05, 4.69) is 145 Å². The van der Waals surface area contributed by atoms with Crippen molar-refractivity contribution >= 4 is 22.1 Å². The minimum Gasteiger partial charge on any atom is -0.356 e. The first kappa shape index (κ1) is 20.9. The first-order valence-electron chi connectivity index (χ1n) is 11.9. The molecule has 0 amide bonds. The van der Waals surface area contributed by atoms with E-state index in [9.17, 15) is 0 Å². The second-order valence-corrected chi connectivity index (χ2v) is 8.76. The minimum atomic E-state index is 1.07. The summed E-state index contributed by atoms with van der Waals surface area (Å²) in [4.78, 5) is 0. The molecule has 35 heavy (non-hydrogen) atoms. The van der Waals surface area contributed by atoms with Gasteiger partial charge in [0.05, 0.1) is 0 Å². The van der Waals surface area contributed by atoms with Gasteiger partial charge in [0.25, 0.3) is 0 Å². The lowest BCUT2D eigenvalue weighted by atomic mass is 9.95.